The average molecular weight is 303 g/mol. The van der Waals surface area contributed by atoms with Crippen molar-refractivity contribution in [1.82, 2.24) is 9.21 Å². The van der Waals surface area contributed by atoms with Crippen molar-refractivity contribution >= 4 is 21.4 Å². The molecule has 0 amide bonds. The lowest BCUT2D eigenvalue weighted by Crippen LogP contribution is -2.35. The summed E-state index contributed by atoms with van der Waals surface area (Å²) < 4.78 is 27.1. The number of likely N-dealkylation sites (N-methyl/N-ethyl adjacent to an activating group) is 1. The van der Waals surface area contributed by atoms with E-state index in [4.69, 9.17) is 5.73 Å². The van der Waals surface area contributed by atoms with Crippen molar-refractivity contribution in [3.8, 4) is 0 Å². The quantitative estimate of drug-likeness (QED) is 0.892. The highest BCUT2D eigenvalue weighted by molar-refractivity contribution is 7.91. The van der Waals surface area contributed by atoms with Crippen LogP contribution >= 0.6 is 11.3 Å². The van der Waals surface area contributed by atoms with E-state index < -0.39 is 10.0 Å². The second-order valence-corrected chi connectivity index (χ2v) is 8.38. The molecule has 1 aromatic rings. The van der Waals surface area contributed by atoms with Crippen LogP contribution in [0, 0.1) is 5.92 Å². The molecule has 1 aliphatic heterocycles. The Morgan fingerprint density at radius 2 is 2.16 bits per heavy atom. The van der Waals surface area contributed by atoms with E-state index in [0.29, 0.717) is 29.8 Å². The van der Waals surface area contributed by atoms with Gasteiger partial charge in [0.15, 0.2) is 0 Å². The van der Waals surface area contributed by atoms with Crippen LogP contribution in [-0.2, 0) is 16.6 Å². The molecule has 1 saturated heterocycles. The molecule has 2 N–H and O–H groups in total. The van der Waals surface area contributed by atoms with Gasteiger partial charge in [0.2, 0.25) is 0 Å². The predicted molar refractivity (Wildman–Crippen MR) is 77.6 cm³/mol. The summed E-state index contributed by atoms with van der Waals surface area (Å²) in [5.74, 6) is 0.346. The van der Waals surface area contributed by atoms with E-state index in [-0.39, 0.29) is 6.04 Å². The topological polar surface area (TPSA) is 66.6 Å². The fraction of sp³-hybridized carbons (Fsp3) is 0.667. The van der Waals surface area contributed by atoms with Crippen LogP contribution in [0.4, 0.5) is 0 Å². The number of sulfonamides is 1. The van der Waals surface area contributed by atoms with Crippen molar-refractivity contribution < 1.29 is 8.42 Å². The normalized spacial score (nSPS) is 25.3. The second-order valence-electron chi connectivity index (χ2n) is 5.31. The average Bonchev–Trinajstić information content (AvgIpc) is 2.95. The molecule has 2 heterocycles. The maximum absolute atomic E-state index is 12.6. The first-order valence-electron chi connectivity index (χ1n) is 6.30. The molecule has 0 saturated carbocycles. The molecule has 0 radical (unpaired) electrons. The Morgan fingerprint density at radius 3 is 2.63 bits per heavy atom. The first kappa shape index (κ1) is 14.9. The second kappa shape index (κ2) is 5.49. The predicted octanol–water partition coefficient (Wildman–Crippen LogP) is 0.777. The summed E-state index contributed by atoms with van der Waals surface area (Å²) in [4.78, 5) is 2.10. The monoisotopic (exact) mass is 303 g/mol. The molecule has 0 bridgehead atoms. The van der Waals surface area contributed by atoms with Gasteiger partial charge >= 0.3 is 0 Å². The van der Waals surface area contributed by atoms with Crippen LogP contribution < -0.4 is 5.73 Å². The van der Waals surface area contributed by atoms with Crippen LogP contribution in [0.3, 0.4) is 0 Å². The lowest BCUT2D eigenvalue weighted by Gasteiger charge is -2.22. The lowest BCUT2D eigenvalue weighted by molar-refractivity contribution is 0.263. The van der Waals surface area contributed by atoms with Crippen LogP contribution in [0.25, 0.3) is 0 Å². The molecule has 0 spiro atoms. The number of nitrogens with zero attached hydrogens (tertiary/aromatic N) is 2. The zero-order chi connectivity index (χ0) is 14.2. The van der Waals surface area contributed by atoms with Gasteiger partial charge in [-0.1, -0.05) is 6.92 Å². The molecular weight excluding hydrogens is 282 g/mol. The molecule has 2 atom stereocenters. The van der Waals surface area contributed by atoms with Crippen molar-refractivity contribution in [3.05, 3.63) is 17.0 Å². The summed E-state index contributed by atoms with van der Waals surface area (Å²) in [7, 11) is 0.632. The SMILES string of the molecule is CC1CN(S(=O)(=O)c2cc(CN)cs2)CC1N(C)C. The maximum atomic E-state index is 12.6. The summed E-state index contributed by atoms with van der Waals surface area (Å²) in [5.41, 5.74) is 6.41. The molecular formula is C12H21N3O2S2. The van der Waals surface area contributed by atoms with E-state index in [0.717, 1.165) is 5.56 Å². The Hall–Kier alpha value is -0.470. The van der Waals surface area contributed by atoms with Gasteiger partial charge in [-0.25, -0.2) is 8.42 Å². The minimum Gasteiger partial charge on any atom is -0.326 e. The number of thiophene rings is 1. The third-order valence-corrected chi connectivity index (χ3v) is 6.96. The van der Waals surface area contributed by atoms with Gasteiger partial charge in [-0.15, -0.1) is 11.3 Å². The van der Waals surface area contributed by atoms with Crippen LogP contribution in [0.5, 0.6) is 0 Å². The van der Waals surface area contributed by atoms with E-state index in [1.54, 1.807) is 10.4 Å². The van der Waals surface area contributed by atoms with Crippen LogP contribution in [0.1, 0.15) is 12.5 Å². The summed E-state index contributed by atoms with van der Waals surface area (Å²) in [6, 6.07) is 1.97. The van der Waals surface area contributed by atoms with Gasteiger partial charge in [0, 0.05) is 25.7 Å². The Morgan fingerprint density at radius 1 is 1.47 bits per heavy atom. The van der Waals surface area contributed by atoms with Gasteiger partial charge in [0.1, 0.15) is 4.21 Å². The van der Waals surface area contributed by atoms with Crippen LogP contribution in [0.2, 0.25) is 0 Å². The van der Waals surface area contributed by atoms with Crippen LogP contribution in [-0.4, -0.2) is 50.8 Å². The molecule has 0 aliphatic carbocycles. The summed E-state index contributed by atoms with van der Waals surface area (Å²) in [6.45, 7) is 3.62. The largest absolute Gasteiger partial charge is 0.326 e. The van der Waals surface area contributed by atoms with E-state index in [1.807, 2.05) is 19.5 Å². The molecule has 5 nitrogen and oxygen atoms in total. The van der Waals surface area contributed by atoms with E-state index >= 15 is 0 Å². The zero-order valence-electron chi connectivity index (χ0n) is 11.5. The van der Waals surface area contributed by atoms with E-state index in [2.05, 4.69) is 11.8 Å². The molecule has 0 aromatic carbocycles. The van der Waals surface area contributed by atoms with Crippen LogP contribution in [0.15, 0.2) is 15.7 Å². The summed E-state index contributed by atoms with van der Waals surface area (Å²) >= 11 is 1.26. The molecule has 2 rings (SSSR count). The lowest BCUT2D eigenvalue weighted by atomic mass is 10.1. The van der Waals surface area contributed by atoms with Gasteiger partial charge in [-0.3, -0.25) is 0 Å². The van der Waals surface area contributed by atoms with E-state index in [9.17, 15) is 8.42 Å². The molecule has 1 aliphatic rings. The molecule has 1 fully saturated rings. The maximum Gasteiger partial charge on any atom is 0.252 e. The van der Waals surface area contributed by atoms with Crippen molar-refractivity contribution in [1.29, 1.82) is 0 Å². The fourth-order valence-electron chi connectivity index (χ4n) is 2.50. The number of rotatable bonds is 4. The van der Waals surface area contributed by atoms with Gasteiger partial charge in [0.25, 0.3) is 10.0 Å². The fourth-order valence-corrected chi connectivity index (χ4v) is 5.43. The molecule has 7 heteroatoms. The molecule has 1 aromatic heterocycles. The smallest absolute Gasteiger partial charge is 0.252 e. The van der Waals surface area contributed by atoms with Crippen molar-refractivity contribution in [2.24, 2.45) is 11.7 Å². The molecule has 19 heavy (non-hydrogen) atoms. The van der Waals surface area contributed by atoms with Crippen molar-refractivity contribution in [2.45, 2.75) is 23.7 Å². The Labute approximate surface area is 119 Å². The standard InChI is InChI=1S/C12H21N3O2S2/c1-9-6-15(7-11(9)14(2)3)19(16,17)12-4-10(5-13)8-18-12/h4,8-9,11H,5-7,13H2,1-3H3. The number of hydrogen-bond acceptors (Lipinski definition) is 5. The Kier molecular flexibility index (Phi) is 4.32. The highest BCUT2D eigenvalue weighted by Crippen LogP contribution is 2.29. The molecule has 2 unspecified atom stereocenters. The van der Waals surface area contributed by atoms with Gasteiger partial charge in [-0.2, -0.15) is 4.31 Å². The Balaban J connectivity index is 2.22. The zero-order valence-corrected chi connectivity index (χ0v) is 13.2. The third-order valence-electron chi connectivity index (χ3n) is 3.66. The minimum atomic E-state index is -3.36. The highest BCUT2D eigenvalue weighted by Gasteiger charge is 2.38. The highest BCUT2D eigenvalue weighted by atomic mass is 32.2. The van der Waals surface area contributed by atoms with Crippen molar-refractivity contribution in [2.75, 3.05) is 27.2 Å². The first-order chi connectivity index (χ1) is 8.86. The first-order valence-corrected chi connectivity index (χ1v) is 8.62. The number of hydrogen-bond donors (Lipinski definition) is 1. The van der Waals surface area contributed by atoms with Gasteiger partial charge in [0.05, 0.1) is 0 Å². The van der Waals surface area contributed by atoms with Gasteiger partial charge < -0.3 is 10.6 Å². The van der Waals surface area contributed by atoms with E-state index in [1.165, 1.54) is 11.3 Å². The molecule has 108 valence electrons. The summed E-state index contributed by atoms with van der Waals surface area (Å²) in [6.07, 6.45) is 0. The Bertz CT molecular complexity index is 539. The number of nitrogens with two attached hydrogens (primary N) is 1. The van der Waals surface area contributed by atoms with Gasteiger partial charge in [-0.05, 0) is 37.0 Å². The summed E-state index contributed by atoms with van der Waals surface area (Å²) in [5, 5.41) is 1.82. The van der Waals surface area contributed by atoms with Crippen molar-refractivity contribution in [3.63, 3.8) is 0 Å². The third kappa shape index (κ3) is 2.85. The minimum absolute atomic E-state index is 0.281.